The van der Waals surface area contributed by atoms with Gasteiger partial charge in [0.05, 0.1) is 23.7 Å². The van der Waals surface area contributed by atoms with Crippen LogP contribution in [0.1, 0.15) is 44.0 Å². The Bertz CT molecular complexity index is 1790. The topological polar surface area (TPSA) is 131 Å². The van der Waals surface area contributed by atoms with Gasteiger partial charge < -0.3 is 28.8 Å². The van der Waals surface area contributed by atoms with Crippen LogP contribution in [-0.2, 0) is 26.4 Å². The molecule has 0 aliphatic carbocycles. The maximum atomic E-state index is 17.0. The van der Waals surface area contributed by atoms with E-state index in [0.29, 0.717) is 60.8 Å². The molecule has 0 unspecified atom stereocenters. The fourth-order valence-electron chi connectivity index (χ4n) is 6.74. The van der Waals surface area contributed by atoms with E-state index >= 15 is 4.39 Å². The first-order chi connectivity index (χ1) is 21.7. The van der Waals surface area contributed by atoms with E-state index in [4.69, 9.17) is 35.5 Å². The summed E-state index contributed by atoms with van der Waals surface area (Å²) in [6, 6.07) is 7.99. The monoisotopic (exact) mass is 637 g/mol. The molecular formula is C32H33ClFN5O6. The maximum absolute atomic E-state index is 17.0. The molecule has 2 fully saturated rings. The van der Waals surface area contributed by atoms with Gasteiger partial charge >= 0.3 is 5.97 Å². The molecule has 7 heterocycles. The Morgan fingerprint density at radius 2 is 2.02 bits per heavy atom. The molecule has 1 amide bonds. The SMILES string of the molecule is C[C@H]1CN2CC[C@]1(F)c1cc(Cl)cnc1O[C@H]1C[C@@H](C(=O)O)N(C1)c1nc(nc3c1oc1ccccc13)CCOCCCC2=O. The summed E-state index contributed by atoms with van der Waals surface area (Å²) in [4.78, 5) is 42.9. The highest BCUT2D eigenvalue weighted by molar-refractivity contribution is 6.30. The number of fused-ring (bicyclic) bond motifs is 11. The van der Waals surface area contributed by atoms with Gasteiger partial charge in [-0.15, -0.1) is 0 Å². The van der Waals surface area contributed by atoms with Gasteiger partial charge in [0, 0.05) is 62.9 Å². The average molecular weight is 638 g/mol. The number of halogens is 2. The highest BCUT2D eigenvalue weighted by Gasteiger charge is 2.47. The Morgan fingerprint density at radius 3 is 2.84 bits per heavy atom. The second-order valence-electron chi connectivity index (χ2n) is 12.0. The predicted molar refractivity (Wildman–Crippen MR) is 163 cm³/mol. The van der Waals surface area contributed by atoms with Crippen molar-refractivity contribution in [3.63, 3.8) is 0 Å². The quantitative estimate of drug-likeness (QED) is 0.307. The average Bonchev–Trinajstić information content (AvgIpc) is 3.62. The summed E-state index contributed by atoms with van der Waals surface area (Å²) in [5.41, 5.74) is -0.102. The number of carboxylic acids is 1. The molecule has 11 nitrogen and oxygen atoms in total. The molecule has 45 heavy (non-hydrogen) atoms. The molecule has 236 valence electrons. The number of anilines is 1. The number of benzene rings is 1. The van der Waals surface area contributed by atoms with Crippen LogP contribution in [0.25, 0.3) is 22.1 Å². The van der Waals surface area contributed by atoms with E-state index in [2.05, 4.69) is 4.98 Å². The van der Waals surface area contributed by atoms with Crippen LogP contribution in [0.5, 0.6) is 5.88 Å². The number of carbonyl (C=O) groups excluding carboxylic acids is 1. The lowest BCUT2D eigenvalue weighted by Gasteiger charge is -2.42. The summed E-state index contributed by atoms with van der Waals surface area (Å²) in [5, 5.41) is 11.4. The smallest absolute Gasteiger partial charge is 0.326 e. The van der Waals surface area contributed by atoms with Crippen molar-refractivity contribution in [3.8, 4) is 5.88 Å². The second-order valence-corrected chi connectivity index (χ2v) is 12.5. The third-order valence-corrected chi connectivity index (χ3v) is 9.34. The zero-order chi connectivity index (χ0) is 31.3. The lowest BCUT2D eigenvalue weighted by Crippen LogP contribution is -2.49. The molecule has 4 aromatic rings. The number of aromatic nitrogens is 3. The number of hydrogen-bond donors (Lipinski definition) is 1. The number of nitrogens with zero attached hydrogens (tertiary/aromatic N) is 5. The fraction of sp³-hybridized carbons (Fsp3) is 0.469. The number of carbonyl (C=O) groups is 2. The van der Waals surface area contributed by atoms with Gasteiger partial charge in [-0.1, -0.05) is 30.7 Å². The van der Waals surface area contributed by atoms with Crippen LogP contribution in [-0.4, -0.2) is 81.8 Å². The van der Waals surface area contributed by atoms with Gasteiger partial charge in [-0.05, 0) is 24.6 Å². The lowest BCUT2D eigenvalue weighted by molar-refractivity contribution is -0.139. The summed E-state index contributed by atoms with van der Waals surface area (Å²) < 4.78 is 35.3. The number of carboxylic acid groups (broad SMARTS) is 1. The molecule has 0 saturated carbocycles. The van der Waals surface area contributed by atoms with E-state index in [1.807, 2.05) is 24.3 Å². The number of alkyl halides is 1. The van der Waals surface area contributed by atoms with Crippen LogP contribution < -0.4 is 9.64 Å². The van der Waals surface area contributed by atoms with Crippen molar-refractivity contribution in [1.82, 2.24) is 19.9 Å². The lowest BCUT2D eigenvalue weighted by atomic mass is 9.78. The number of hydrogen-bond acceptors (Lipinski definition) is 9. The van der Waals surface area contributed by atoms with Crippen LogP contribution in [0.3, 0.4) is 0 Å². The molecule has 6 bridgehead atoms. The Kier molecular flexibility index (Phi) is 7.73. The third-order valence-electron chi connectivity index (χ3n) is 9.13. The summed E-state index contributed by atoms with van der Waals surface area (Å²) >= 11 is 6.32. The Balaban J connectivity index is 1.31. The van der Waals surface area contributed by atoms with Crippen molar-refractivity contribution < 1.29 is 33.0 Å². The third kappa shape index (κ3) is 5.43. The van der Waals surface area contributed by atoms with E-state index in [1.165, 1.54) is 12.3 Å². The van der Waals surface area contributed by atoms with Gasteiger partial charge in [0.2, 0.25) is 11.8 Å². The van der Waals surface area contributed by atoms with Crippen molar-refractivity contribution in [2.75, 3.05) is 37.7 Å². The first-order valence-corrected chi connectivity index (χ1v) is 15.6. The van der Waals surface area contributed by atoms with E-state index in [-0.39, 0.29) is 54.8 Å². The minimum absolute atomic E-state index is 0.0429. The van der Waals surface area contributed by atoms with E-state index in [1.54, 1.807) is 16.7 Å². The number of ether oxygens (including phenoxy) is 2. The summed E-state index contributed by atoms with van der Waals surface area (Å²) in [5.74, 6) is -0.776. The van der Waals surface area contributed by atoms with Crippen LogP contribution in [0.15, 0.2) is 40.9 Å². The number of piperidine rings is 1. The second kappa shape index (κ2) is 11.7. The molecule has 4 aliphatic rings. The highest BCUT2D eigenvalue weighted by Crippen LogP contribution is 2.46. The van der Waals surface area contributed by atoms with Crippen molar-refractivity contribution in [2.24, 2.45) is 5.92 Å². The molecule has 0 radical (unpaired) electrons. The summed E-state index contributed by atoms with van der Waals surface area (Å²) in [7, 11) is 0. The molecule has 4 aliphatic heterocycles. The number of aliphatic carboxylic acids is 1. The molecule has 0 spiro atoms. The van der Waals surface area contributed by atoms with E-state index in [0.717, 1.165) is 5.39 Å². The molecule has 13 heteroatoms. The molecule has 3 aromatic heterocycles. The van der Waals surface area contributed by atoms with Crippen LogP contribution in [0, 0.1) is 5.92 Å². The van der Waals surface area contributed by atoms with Crippen molar-refractivity contribution in [3.05, 3.63) is 52.9 Å². The van der Waals surface area contributed by atoms with Crippen molar-refractivity contribution >= 4 is 51.4 Å². The van der Waals surface area contributed by atoms with E-state index in [9.17, 15) is 14.7 Å². The van der Waals surface area contributed by atoms with Gasteiger partial charge in [-0.25, -0.2) is 24.1 Å². The van der Waals surface area contributed by atoms with Gasteiger partial charge in [-0.2, -0.15) is 0 Å². The standard InChI is InChI=1S/C32H33ClFN5O6/c1-18-16-38-10-9-32(18,34)22-13-19(33)15-35-30(22)44-20-14-23(31(41)42)39(17-20)29-28-27(21-5-2-3-6-24(21)45-28)36-25(37-29)8-12-43-11-4-7-26(38)40/h2-3,5-6,13,15,18,20,23H,4,7-12,14,16-17H2,1H3,(H,41,42)/t18-,20-,23-,32+/m0/s1. The van der Waals surface area contributed by atoms with Crippen molar-refractivity contribution in [1.29, 1.82) is 0 Å². The summed E-state index contributed by atoms with van der Waals surface area (Å²) in [6.45, 7) is 3.07. The fourth-order valence-corrected chi connectivity index (χ4v) is 6.90. The minimum Gasteiger partial charge on any atom is -0.480 e. The Hall–Kier alpha value is -4.03. The molecule has 8 rings (SSSR count). The Labute approximate surface area is 263 Å². The number of para-hydroxylation sites is 1. The van der Waals surface area contributed by atoms with Gasteiger partial charge in [0.25, 0.3) is 0 Å². The number of amides is 1. The maximum Gasteiger partial charge on any atom is 0.326 e. The largest absolute Gasteiger partial charge is 0.480 e. The van der Waals surface area contributed by atoms with Gasteiger partial charge in [0.1, 0.15) is 34.7 Å². The number of furan rings is 1. The zero-order valence-corrected chi connectivity index (χ0v) is 25.5. The summed E-state index contributed by atoms with van der Waals surface area (Å²) in [6.07, 6.45) is 2.07. The number of pyridine rings is 1. The van der Waals surface area contributed by atoms with E-state index < -0.39 is 29.7 Å². The molecule has 1 aromatic carbocycles. The number of rotatable bonds is 1. The minimum atomic E-state index is -1.86. The normalized spacial score (nSPS) is 26.2. The molecular weight excluding hydrogens is 605 g/mol. The van der Waals surface area contributed by atoms with Crippen LogP contribution >= 0.6 is 11.6 Å². The van der Waals surface area contributed by atoms with Crippen molar-refractivity contribution in [2.45, 2.75) is 56.8 Å². The first-order valence-electron chi connectivity index (χ1n) is 15.3. The van der Waals surface area contributed by atoms with Gasteiger partial charge in [-0.3, -0.25) is 4.79 Å². The molecule has 1 N–H and O–H groups in total. The van der Waals surface area contributed by atoms with Gasteiger partial charge in [0.15, 0.2) is 11.4 Å². The van der Waals surface area contributed by atoms with Crippen LogP contribution in [0.2, 0.25) is 5.02 Å². The highest BCUT2D eigenvalue weighted by atomic mass is 35.5. The first kappa shape index (κ1) is 29.7. The predicted octanol–water partition coefficient (Wildman–Crippen LogP) is 4.92. The Morgan fingerprint density at radius 1 is 1.18 bits per heavy atom. The molecule has 2 saturated heterocycles. The molecule has 4 atom stereocenters. The van der Waals surface area contributed by atoms with Crippen LogP contribution in [0.4, 0.5) is 10.2 Å². The zero-order valence-electron chi connectivity index (χ0n) is 24.7.